The predicted octanol–water partition coefficient (Wildman–Crippen LogP) is 1.13. The van der Waals surface area contributed by atoms with Crippen molar-refractivity contribution >= 4 is 12.1 Å². The molecule has 0 rings (SSSR count). The van der Waals surface area contributed by atoms with Gasteiger partial charge >= 0.3 is 12.1 Å². The molecule has 0 aromatic rings. The molecule has 1 amide bonds. The second kappa shape index (κ2) is 8.71. The van der Waals surface area contributed by atoms with E-state index in [0.29, 0.717) is 0 Å². The number of carboxylic acid groups (broad SMARTS) is 1. The third-order valence-electron chi connectivity index (χ3n) is 2.10. The Morgan fingerprint density at radius 3 is 2.28 bits per heavy atom. The highest BCUT2D eigenvalue weighted by molar-refractivity contribution is 5.79. The van der Waals surface area contributed by atoms with Crippen molar-refractivity contribution in [2.24, 2.45) is 5.92 Å². The Morgan fingerprint density at radius 1 is 1.28 bits per heavy atom. The lowest BCUT2D eigenvalue weighted by atomic mass is 10.1. The molecule has 1 N–H and O–H groups in total. The molecule has 1 unspecified atom stereocenters. The van der Waals surface area contributed by atoms with E-state index in [9.17, 15) is 9.59 Å². The quantitative estimate of drug-likeness (QED) is 0.522. The van der Waals surface area contributed by atoms with Gasteiger partial charge in [-0.25, -0.2) is 9.59 Å². The number of nitrogens with zero attached hydrogens (tertiary/aromatic N) is 1. The maximum absolute atomic E-state index is 11.7. The van der Waals surface area contributed by atoms with Crippen LogP contribution in [-0.4, -0.2) is 55.2 Å². The zero-order valence-corrected chi connectivity index (χ0v) is 11.2. The Bertz CT molecular complexity index is 268. The summed E-state index contributed by atoms with van der Waals surface area (Å²) in [6, 6.07) is -1.10. The maximum Gasteiger partial charge on any atom is 0.434 e. The molecule has 18 heavy (non-hydrogen) atoms. The van der Waals surface area contributed by atoms with Crippen LogP contribution in [0.3, 0.4) is 0 Å². The first-order chi connectivity index (χ1) is 8.45. The molecule has 7 heteroatoms. The summed E-state index contributed by atoms with van der Waals surface area (Å²) < 4.78 is 9.56. The van der Waals surface area contributed by atoms with E-state index in [1.165, 1.54) is 7.11 Å². The average molecular weight is 263 g/mol. The van der Waals surface area contributed by atoms with Gasteiger partial charge in [0.25, 0.3) is 0 Å². The minimum atomic E-state index is -1.14. The summed E-state index contributed by atoms with van der Waals surface area (Å²) in [4.78, 5) is 28.0. The van der Waals surface area contributed by atoms with E-state index in [2.05, 4.69) is 0 Å². The molecular weight excluding hydrogens is 242 g/mol. The summed E-state index contributed by atoms with van der Waals surface area (Å²) >= 11 is 0. The molecule has 7 nitrogen and oxygen atoms in total. The third kappa shape index (κ3) is 5.33. The van der Waals surface area contributed by atoms with Crippen LogP contribution in [0.4, 0.5) is 4.79 Å². The van der Waals surface area contributed by atoms with Crippen molar-refractivity contribution in [1.82, 2.24) is 5.06 Å². The van der Waals surface area contributed by atoms with Crippen LogP contribution in [0.25, 0.3) is 0 Å². The van der Waals surface area contributed by atoms with E-state index in [1.54, 1.807) is 20.8 Å². The first-order valence-electron chi connectivity index (χ1n) is 5.76. The van der Waals surface area contributed by atoms with E-state index in [-0.39, 0.29) is 25.7 Å². The van der Waals surface area contributed by atoms with Crippen molar-refractivity contribution in [3.05, 3.63) is 0 Å². The van der Waals surface area contributed by atoms with Gasteiger partial charge in [0.1, 0.15) is 0 Å². The van der Waals surface area contributed by atoms with Crippen molar-refractivity contribution in [2.75, 3.05) is 26.9 Å². The molecule has 0 saturated heterocycles. The minimum Gasteiger partial charge on any atom is -0.480 e. The average Bonchev–Trinajstić information content (AvgIpc) is 2.27. The number of ether oxygens (including phenoxy) is 2. The highest BCUT2D eigenvalue weighted by Crippen LogP contribution is 2.13. The minimum absolute atomic E-state index is 0.0752. The summed E-state index contributed by atoms with van der Waals surface area (Å²) in [5, 5.41) is 9.89. The van der Waals surface area contributed by atoms with Crippen LogP contribution < -0.4 is 0 Å². The number of carboxylic acids is 1. The molecule has 0 heterocycles. The van der Waals surface area contributed by atoms with Crippen molar-refractivity contribution in [3.63, 3.8) is 0 Å². The monoisotopic (exact) mass is 263 g/mol. The fourth-order valence-electron chi connectivity index (χ4n) is 1.31. The highest BCUT2D eigenvalue weighted by Gasteiger charge is 2.34. The predicted molar refractivity (Wildman–Crippen MR) is 63.0 cm³/mol. The number of hydrogen-bond donors (Lipinski definition) is 1. The zero-order valence-electron chi connectivity index (χ0n) is 11.2. The molecule has 0 aromatic carbocycles. The topological polar surface area (TPSA) is 85.3 Å². The Kier molecular flexibility index (Phi) is 8.06. The number of carbonyl (C=O) groups excluding carboxylic acids is 1. The highest BCUT2D eigenvalue weighted by atomic mass is 16.7. The van der Waals surface area contributed by atoms with Crippen LogP contribution in [0.15, 0.2) is 0 Å². The molecule has 0 aliphatic heterocycles. The van der Waals surface area contributed by atoms with Crippen LogP contribution in [0, 0.1) is 5.92 Å². The smallest absolute Gasteiger partial charge is 0.434 e. The van der Waals surface area contributed by atoms with Gasteiger partial charge in [-0.05, 0) is 12.8 Å². The van der Waals surface area contributed by atoms with Gasteiger partial charge in [0, 0.05) is 7.11 Å². The zero-order chi connectivity index (χ0) is 14.1. The van der Waals surface area contributed by atoms with Gasteiger partial charge in [0.2, 0.25) is 0 Å². The molecule has 0 spiro atoms. The lowest BCUT2D eigenvalue weighted by molar-refractivity contribution is -0.192. The molecule has 0 bridgehead atoms. The lowest BCUT2D eigenvalue weighted by Crippen LogP contribution is -2.48. The largest absolute Gasteiger partial charge is 0.480 e. The van der Waals surface area contributed by atoms with Gasteiger partial charge in [-0.15, -0.1) is 0 Å². The number of methoxy groups -OCH3 is 1. The van der Waals surface area contributed by atoms with Crippen LogP contribution in [-0.2, 0) is 19.1 Å². The normalized spacial score (nSPS) is 12.3. The van der Waals surface area contributed by atoms with Crippen molar-refractivity contribution < 1.29 is 29.0 Å². The van der Waals surface area contributed by atoms with Crippen LogP contribution >= 0.6 is 0 Å². The van der Waals surface area contributed by atoms with Gasteiger partial charge in [-0.1, -0.05) is 13.8 Å². The Morgan fingerprint density at radius 2 is 1.89 bits per heavy atom. The number of hydroxylamine groups is 2. The number of amides is 1. The van der Waals surface area contributed by atoms with Gasteiger partial charge in [0.15, 0.2) is 6.04 Å². The van der Waals surface area contributed by atoms with Crippen LogP contribution in [0.1, 0.15) is 20.8 Å². The Balaban J connectivity index is 4.79. The molecule has 0 aliphatic rings. The fraction of sp³-hybridized carbons (Fsp3) is 0.818. The molecule has 0 radical (unpaired) electrons. The lowest BCUT2D eigenvalue weighted by Gasteiger charge is -2.29. The van der Waals surface area contributed by atoms with E-state index in [4.69, 9.17) is 19.4 Å². The Hall–Kier alpha value is -1.34. The molecule has 0 aliphatic carbocycles. The maximum atomic E-state index is 11.7. The first-order valence-corrected chi connectivity index (χ1v) is 5.76. The SMILES string of the molecule is CCOC(=O)N(OCCOC)C(C(=O)O)C(C)C. The second-order valence-electron chi connectivity index (χ2n) is 3.88. The van der Waals surface area contributed by atoms with Crippen LogP contribution in [0.5, 0.6) is 0 Å². The molecule has 1 atom stereocenters. The fourth-order valence-corrected chi connectivity index (χ4v) is 1.31. The summed E-state index contributed by atoms with van der Waals surface area (Å²) in [5.41, 5.74) is 0. The van der Waals surface area contributed by atoms with E-state index < -0.39 is 18.1 Å². The number of carbonyl (C=O) groups is 2. The van der Waals surface area contributed by atoms with Gasteiger partial charge in [0.05, 0.1) is 19.8 Å². The summed E-state index contributed by atoms with van der Waals surface area (Å²) in [6.45, 7) is 5.48. The second-order valence-corrected chi connectivity index (χ2v) is 3.88. The molecule has 0 saturated carbocycles. The van der Waals surface area contributed by atoms with Crippen molar-refractivity contribution in [1.29, 1.82) is 0 Å². The van der Waals surface area contributed by atoms with Crippen molar-refractivity contribution in [2.45, 2.75) is 26.8 Å². The number of hydrogen-bond acceptors (Lipinski definition) is 5. The number of aliphatic carboxylic acids is 1. The van der Waals surface area contributed by atoms with E-state index in [1.807, 2.05) is 0 Å². The molecule has 0 aromatic heterocycles. The Labute approximate surface area is 107 Å². The summed E-state index contributed by atoms with van der Waals surface area (Å²) in [7, 11) is 1.48. The molecule has 0 fully saturated rings. The molecular formula is C11H21NO6. The summed E-state index contributed by atoms with van der Waals surface area (Å²) in [5.74, 6) is -1.45. The molecule has 106 valence electrons. The summed E-state index contributed by atoms with van der Waals surface area (Å²) in [6.07, 6.45) is -0.810. The van der Waals surface area contributed by atoms with Gasteiger partial charge in [-0.3, -0.25) is 4.84 Å². The van der Waals surface area contributed by atoms with Gasteiger partial charge in [-0.2, -0.15) is 5.06 Å². The van der Waals surface area contributed by atoms with E-state index in [0.717, 1.165) is 5.06 Å². The van der Waals surface area contributed by atoms with Crippen LogP contribution in [0.2, 0.25) is 0 Å². The third-order valence-corrected chi connectivity index (χ3v) is 2.10. The van der Waals surface area contributed by atoms with Crippen molar-refractivity contribution in [3.8, 4) is 0 Å². The number of rotatable bonds is 8. The first kappa shape index (κ1) is 16.7. The standard InChI is InChI=1S/C11H21NO6/c1-5-17-11(15)12(18-7-6-16-4)9(8(2)3)10(13)14/h8-9H,5-7H2,1-4H3,(H,13,14). The van der Waals surface area contributed by atoms with E-state index >= 15 is 0 Å². The van der Waals surface area contributed by atoms with Gasteiger partial charge < -0.3 is 14.6 Å².